The van der Waals surface area contributed by atoms with Crippen LogP contribution >= 0.6 is 11.3 Å². The molecule has 3 nitrogen and oxygen atoms in total. The number of pyridine rings is 1. The van der Waals surface area contributed by atoms with E-state index >= 15 is 0 Å². The Labute approximate surface area is 251 Å². The lowest BCUT2D eigenvalue weighted by Gasteiger charge is -2.26. The molecule has 3 aromatic heterocycles. The Hall–Kier alpha value is -5.45. The maximum atomic E-state index is 6.24. The molecule has 4 heteroatoms. The lowest BCUT2D eigenvalue weighted by atomic mass is 10.0. The predicted molar refractivity (Wildman–Crippen MR) is 182 cm³/mol. The highest BCUT2D eigenvalue weighted by atomic mass is 32.1. The molecule has 0 spiro atoms. The number of thiophene rings is 1. The van der Waals surface area contributed by atoms with Crippen molar-refractivity contribution in [3.8, 4) is 11.1 Å². The van der Waals surface area contributed by atoms with Gasteiger partial charge in [-0.2, -0.15) is 0 Å². The number of hydrogen-bond acceptors (Lipinski definition) is 4. The van der Waals surface area contributed by atoms with Crippen molar-refractivity contribution < 1.29 is 4.42 Å². The van der Waals surface area contributed by atoms with Gasteiger partial charge in [-0.05, 0) is 65.7 Å². The smallest absolute Gasteiger partial charge is 0.136 e. The first-order chi connectivity index (χ1) is 21.3. The molecule has 9 aromatic rings. The van der Waals surface area contributed by atoms with Crippen LogP contribution in [0.25, 0.3) is 64.1 Å². The molecule has 6 aromatic carbocycles. The van der Waals surface area contributed by atoms with Gasteiger partial charge in [-0.15, -0.1) is 11.3 Å². The van der Waals surface area contributed by atoms with Gasteiger partial charge in [0.25, 0.3) is 0 Å². The molecule has 0 aliphatic heterocycles. The van der Waals surface area contributed by atoms with E-state index in [-0.39, 0.29) is 0 Å². The number of benzene rings is 6. The molecular weight excluding hydrogens is 545 g/mol. The number of hydrogen-bond donors (Lipinski definition) is 0. The summed E-state index contributed by atoms with van der Waals surface area (Å²) in [6.07, 6.45) is 1.99. The van der Waals surface area contributed by atoms with Crippen LogP contribution in [0.15, 0.2) is 150 Å². The van der Waals surface area contributed by atoms with Gasteiger partial charge in [0.15, 0.2) is 0 Å². The molecule has 0 fully saturated rings. The molecule has 43 heavy (non-hydrogen) atoms. The van der Waals surface area contributed by atoms with Crippen molar-refractivity contribution in [3.05, 3.63) is 146 Å². The molecule has 0 unspecified atom stereocenters. The third kappa shape index (κ3) is 3.84. The largest absolute Gasteiger partial charge is 0.456 e. The van der Waals surface area contributed by atoms with Gasteiger partial charge in [-0.1, -0.05) is 84.9 Å². The number of aromatic nitrogens is 1. The molecule has 0 saturated carbocycles. The summed E-state index contributed by atoms with van der Waals surface area (Å²) in [5.74, 6) is 0. The number of anilines is 3. The molecule has 0 saturated heterocycles. The number of furan rings is 1. The molecular formula is C39H24N2OS. The molecule has 0 aliphatic carbocycles. The van der Waals surface area contributed by atoms with E-state index in [0.29, 0.717) is 0 Å². The molecule has 3 heterocycles. The standard InChI is InChI=1S/C39H24N2OS/c1-2-9-25(10-3-1)26-17-19-27(20-18-26)41(33-13-8-16-37-39(33)30-12-5-7-15-36(30)43-37)28-23-31-32(40-24-28)21-22-35-38(31)29-11-4-6-14-34(29)42-35/h1-24H. The van der Waals surface area contributed by atoms with Gasteiger partial charge in [-0.25, -0.2) is 0 Å². The third-order valence-electron chi connectivity index (χ3n) is 8.30. The zero-order valence-electron chi connectivity index (χ0n) is 23.1. The van der Waals surface area contributed by atoms with E-state index in [0.717, 1.165) is 49.9 Å². The Morgan fingerprint density at radius 3 is 2.14 bits per heavy atom. The fourth-order valence-electron chi connectivity index (χ4n) is 6.34. The zero-order chi connectivity index (χ0) is 28.3. The summed E-state index contributed by atoms with van der Waals surface area (Å²) in [5, 5.41) is 5.80. The highest BCUT2D eigenvalue weighted by molar-refractivity contribution is 7.26. The minimum absolute atomic E-state index is 0.873. The van der Waals surface area contributed by atoms with Crippen LogP contribution in [0.5, 0.6) is 0 Å². The number of rotatable bonds is 4. The fraction of sp³-hybridized carbons (Fsp3) is 0. The van der Waals surface area contributed by atoms with E-state index in [1.807, 2.05) is 35.7 Å². The van der Waals surface area contributed by atoms with Crippen LogP contribution in [0.1, 0.15) is 0 Å². The van der Waals surface area contributed by atoms with Crippen molar-refractivity contribution in [1.29, 1.82) is 0 Å². The summed E-state index contributed by atoms with van der Waals surface area (Å²) in [6, 6.07) is 49.3. The first-order valence-electron chi connectivity index (χ1n) is 14.4. The van der Waals surface area contributed by atoms with Crippen LogP contribution in [-0.4, -0.2) is 4.98 Å². The first kappa shape index (κ1) is 24.2. The van der Waals surface area contributed by atoms with Crippen molar-refractivity contribution in [1.82, 2.24) is 4.98 Å². The predicted octanol–water partition coefficient (Wildman–Crippen LogP) is 11.6. The Morgan fingerprint density at radius 1 is 0.512 bits per heavy atom. The van der Waals surface area contributed by atoms with E-state index in [4.69, 9.17) is 9.40 Å². The summed E-state index contributed by atoms with van der Waals surface area (Å²) >= 11 is 1.84. The molecule has 0 amide bonds. The first-order valence-corrected chi connectivity index (χ1v) is 15.2. The SMILES string of the molecule is c1ccc(-c2ccc(N(c3cnc4ccc5oc6ccccc6c5c4c3)c3cccc4sc5ccccc5c34)cc2)cc1. The van der Waals surface area contributed by atoms with Gasteiger partial charge in [-0.3, -0.25) is 4.98 Å². The van der Waals surface area contributed by atoms with E-state index in [1.165, 1.54) is 31.3 Å². The fourth-order valence-corrected chi connectivity index (χ4v) is 7.46. The average molecular weight is 569 g/mol. The Morgan fingerprint density at radius 2 is 1.26 bits per heavy atom. The molecule has 0 aliphatic rings. The van der Waals surface area contributed by atoms with Crippen LogP contribution in [0, 0.1) is 0 Å². The molecule has 0 atom stereocenters. The van der Waals surface area contributed by atoms with Crippen molar-refractivity contribution in [2.45, 2.75) is 0 Å². The van der Waals surface area contributed by atoms with Crippen molar-refractivity contribution in [3.63, 3.8) is 0 Å². The van der Waals surface area contributed by atoms with E-state index in [1.54, 1.807) is 0 Å². The quantitative estimate of drug-likeness (QED) is 0.211. The number of para-hydroxylation sites is 1. The summed E-state index contributed by atoms with van der Waals surface area (Å²) in [5.41, 5.74) is 8.30. The van der Waals surface area contributed by atoms with Gasteiger partial charge in [0, 0.05) is 42.0 Å². The lowest BCUT2D eigenvalue weighted by molar-refractivity contribution is 0.669. The van der Waals surface area contributed by atoms with E-state index in [2.05, 4.69) is 126 Å². The van der Waals surface area contributed by atoms with Crippen LogP contribution < -0.4 is 4.90 Å². The minimum Gasteiger partial charge on any atom is -0.456 e. The third-order valence-corrected chi connectivity index (χ3v) is 9.44. The molecule has 202 valence electrons. The summed E-state index contributed by atoms with van der Waals surface area (Å²) < 4.78 is 8.79. The number of nitrogens with zero attached hydrogens (tertiary/aromatic N) is 2. The topological polar surface area (TPSA) is 29.3 Å². The molecule has 0 radical (unpaired) electrons. The maximum Gasteiger partial charge on any atom is 0.136 e. The van der Waals surface area contributed by atoms with Gasteiger partial charge in [0.2, 0.25) is 0 Å². The van der Waals surface area contributed by atoms with Crippen molar-refractivity contribution in [2.75, 3.05) is 4.90 Å². The zero-order valence-corrected chi connectivity index (χ0v) is 23.9. The van der Waals surface area contributed by atoms with Crippen LogP contribution in [0.3, 0.4) is 0 Å². The van der Waals surface area contributed by atoms with Crippen molar-refractivity contribution in [2.24, 2.45) is 0 Å². The summed E-state index contributed by atoms with van der Waals surface area (Å²) in [6.45, 7) is 0. The summed E-state index contributed by atoms with van der Waals surface area (Å²) in [4.78, 5) is 7.36. The van der Waals surface area contributed by atoms with E-state index < -0.39 is 0 Å². The minimum atomic E-state index is 0.873. The Bertz CT molecular complexity index is 2460. The van der Waals surface area contributed by atoms with Gasteiger partial charge in [0.05, 0.1) is 23.1 Å². The Balaban J connectivity index is 1.32. The van der Waals surface area contributed by atoms with Gasteiger partial charge < -0.3 is 9.32 Å². The molecule has 0 N–H and O–H groups in total. The summed E-state index contributed by atoms with van der Waals surface area (Å²) in [7, 11) is 0. The second kappa shape index (κ2) is 9.55. The highest BCUT2D eigenvalue weighted by Gasteiger charge is 2.20. The highest BCUT2D eigenvalue weighted by Crippen LogP contribution is 2.46. The van der Waals surface area contributed by atoms with Crippen LogP contribution in [-0.2, 0) is 0 Å². The van der Waals surface area contributed by atoms with Gasteiger partial charge >= 0.3 is 0 Å². The lowest BCUT2D eigenvalue weighted by Crippen LogP contribution is -2.10. The monoisotopic (exact) mass is 568 g/mol. The van der Waals surface area contributed by atoms with E-state index in [9.17, 15) is 0 Å². The van der Waals surface area contributed by atoms with Crippen LogP contribution in [0.4, 0.5) is 17.1 Å². The second-order valence-corrected chi connectivity index (χ2v) is 11.9. The maximum absolute atomic E-state index is 6.24. The van der Waals surface area contributed by atoms with Crippen molar-refractivity contribution >= 4 is 81.4 Å². The van der Waals surface area contributed by atoms with Crippen LogP contribution in [0.2, 0.25) is 0 Å². The normalized spacial score (nSPS) is 11.7. The Kier molecular flexibility index (Phi) is 5.37. The molecule has 9 rings (SSSR count). The van der Waals surface area contributed by atoms with Gasteiger partial charge in [0.1, 0.15) is 11.2 Å². The number of fused-ring (bicyclic) bond motifs is 8. The average Bonchev–Trinajstić information content (AvgIpc) is 3.65. The molecule has 0 bridgehead atoms. The second-order valence-electron chi connectivity index (χ2n) is 10.8.